The molecule has 7 heteroatoms. The molecule has 2 amide bonds. The van der Waals surface area contributed by atoms with Gasteiger partial charge in [-0.15, -0.1) is 0 Å². The number of piperidine rings is 2. The third-order valence-electron chi connectivity index (χ3n) is 6.39. The minimum atomic E-state index is 0.0803. The van der Waals surface area contributed by atoms with Crippen molar-refractivity contribution in [2.45, 2.75) is 51.1 Å². The van der Waals surface area contributed by atoms with E-state index >= 15 is 0 Å². The second-order valence-electron chi connectivity index (χ2n) is 8.89. The Morgan fingerprint density at radius 2 is 2.00 bits per heavy atom. The quantitative estimate of drug-likeness (QED) is 0.655. The topological polar surface area (TPSA) is 68.8 Å². The van der Waals surface area contributed by atoms with E-state index in [4.69, 9.17) is 0 Å². The van der Waals surface area contributed by atoms with Crippen molar-refractivity contribution in [1.29, 1.82) is 0 Å². The van der Waals surface area contributed by atoms with Crippen molar-refractivity contribution < 1.29 is 9.59 Å². The van der Waals surface area contributed by atoms with Crippen LogP contribution in [0.5, 0.6) is 0 Å². The Bertz CT molecular complexity index is 673. The fourth-order valence-electron chi connectivity index (χ4n) is 4.56. The molecule has 1 aromatic rings. The van der Waals surface area contributed by atoms with E-state index in [0.717, 1.165) is 45.6 Å². The molecule has 3 heterocycles. The summed E-state index contributed by atoms with van der Waals surface area (Å²) in [5.41, 5.74) is 1.28. The van der Waals surface area contributed by atoms with Gasteiger partial charge in [-0.25, -0.2) is 0 Å². The normalized spacial score (nSPS) is 21.3. The van der Waals surface area contributed by atoms with Crippen LogP contribution in [0, 0.1) is 5.92 Å². The fraction of sp³-hybridized carbons (Fsp3) is 0.696. The Morgan fingerprint density at radius 3 is 2.70 bits per heavy atom. The van der Waals surface area contributed by atoms with E-state index in [0.29, 0.717) is 25.4 Å². The predicted molar refractivity (Wildman–Crippen MR) is 118 cm³/mol. The summed E-state index contributed by atoms with van der Waals surface area (Å²) in [5, 5.41) is 3.05. The van der Waals surface area contributed by atoms with Crippen LogP contribution in [0.25, 0.3) is 0 Å². The number of nitrogens with one attached hydrogen (secondary N) is 1. The van der Waals surface area contributed by atoms with Crippen molar-refractivity contribution in [1.82, 2.24) is 25.0 Å². The van der Waals surface area contributed by atoms with Gasteiger partial charge >= 0.3 is 0 Å². The number of rotatable bonds is 8. The summed E-state index contributed by atoms with van der Waals surface area (Å²) in [7, 11) is 3.53. The van der Waals surface area contributed by atoms with Gasteiger partial charge in [-0.3, -0.25) is 24.4 Å². The van der Waals surface area contributed by atoms with Gasteiger partial charge < -0.3 is 10.2 Å². The lowest BCUT2D eigenvalue weighted by atomic mass is 9.93. The Hall–Kier alpha value is -1.99. The second-order valence-corrected chi connectivity index (χ2v) is 8.89. The third kappa shape index (κ3) is 6.77. The van der Waals surface area contributed by atoms with Crippen molar-refractivity contribution in [2.75, 3.05) is 46.8 Å². The first-order valence-corrected chi connectivity index (χ1v) is 11.4. The van der Waals surface area contributed by atoms with Crippen molar-refractivity contribution in [3.8, 4) is 0 Å². The number of aromatic nitrogens is 1. The van der Waals surface area contributed by atoms with E-state index in [2.05, 4.69) is 26.2 Å². The minimum absolute atomic E-state index is 0.0803. The van der Waals surface area contributed by atoms with E-state index in [1.54, 1.807) is 19.0 Å². The van der Waals surface area contributed by atoms with Crippen molar-refractivity contribution >= 4 is 11.8 Å². The van der Waals surface area contributed by atoms with Crippen LogP contribution in [0.3, 0.4) is 0 Å². The zero-order valence-electron chi connectivity index (χ0n) is 18.6. The van der Waals surface area contributed by atoms with Crippen LogP contribution in [0.15, 0.2) is 24.5 Å². The first kappa shape index (κ1) is 22.7. The number of carbonyl (C=O) groups is 2. The number of likely N-dealkylation sites (tertiary alicyclic amines) is 2. The molecule has 2 aliphatic heterocycles. The zero-order valence-corrected chi connectivity index (χ0v) is 18.6. The monoisotopic (exact) mass is 415 g/mol. The van der Waals surface area contributed by atoms with Crippen LogP contribution in [0.2, 0.25) is 0 Å². The molecule has 30 heavy (non-hydrogen) atoms. The molecule has 2 aliphatic rings. The molecule has 0 aliphatic carbocycles. The van der Waals surface area contributed by atoms with Gasteiger partial charge in [0.15, 0.2) is 0 Å². The SMILES string of the molecule is CN(C)C(=O)CCCNC(=O)[C@H]1CCCN(C2CCN(Cc3cccnc3)CC2)C1. The van der Waals surface area contributed by atoms with Crippen LogP contribution >= 0.6 is 0 Å². The van der Waals surface area contributed by atoms with Gasteiger partial charge in [0.05, 0.1) is 5.92 Å². The second kappa shape index (κ2) is 11.4. The molecule has 3 rings (SSSR count). The molecule has 1 aromatic heterocycles. The summed E-state index contributed by atoms with van der Waals surface area (Å²) < 4.78 is 0. The number of hydrogen-bond acceptors (Lipinski definition) is 5. The van der Waals surface area contributed by atoms with E-state index in [1.165, 1.54) is 18.4 Å². The molecule has 0 radical (unpaired) electrons. The molecule has 0 aromatic carbocycles. The summed E-state index contributed by atoms with van der Waals surface area (Å²) >= 11 is 0. The van der Waals surface area contributed by atoms with Gasteiger partial charge in [0, 0.05) is 58.6 Å². The molecule has 166 valence electrons. The number of carbonyl (C=O) groups excluding carboxylic acids is 2. The first-order chi connectivity index (χ1) is 14.5. The molecule has 1 N–H and O–H groups in total. The predicted octanol–water partition coefficient (Wildman–Crippen LogP) is 1.74. The summed E-state index contributed by atoms with van der Waals surface area (Å²) in [6.45, 7) is 5.74. The molecule has 2 saturated heterocycles. The highest BCUT2D eigenvalue weighted by Crippen LogP contribution is 2.24. The average Bonchev–Trinajstić information content (AvgIpc) is 2.77. The average molecular weight is 416 g/mol. The molecular weight excluding hydrogens is 378 g/mol. The summed E-state index contributed by atoms with van der Waals surface area (Å²) in [6.07, 6.45) is 9.36. The molecule has 7 nitrogen and oxygen atoms in total. The van der Waals surface area contributed by atoms with Crippen molar-refractivity contribution in [3.63, 3.8) is 0 Å². The van der Waals surface area contributed by atoms with Gasteiger partial charge in [0.25, 0.3) is 0 Å². The van der Waals surface area contributed by atoms with Crippen LogP contribution in [0.1, 0.15) is 44.1 Å². The standard InChI is InChI=1S/C23H37N5O2/c1-26(2)22(29)8-4-12-25-23(30)20-7-5-13-28(18-20)21-9-14-27(15-10-21)17-19-6-3-11-24-16-19/h3,6,11,16,20-21H,4-5,7-10,12-15,17-18H2,1-2H3,(H,25,30)/t20-/m0/s1. The number of nitrogens with zero attached hydrogens (tertiary/aromatic N) is 4. The van der Waals surface area contributed by atoms with Crippen LogP contribution in [0.4, 0.5) is 0 Å². The lowest BCUT2D eigenvalue weighted by Gasteiger charge is -2.42. The summed E-state index contributed by atoms with van der Waals surface area (Å²) in [5.74, 6) is 0.352. The largest absolute Gasteiger partial charge is 0.356 e. The Labute approximate surface area is 180 Å². The van der Waals surface area contributed by atoms with E-state index in [-0.39, 0.29) is 17.7 Å². The Balaban J connectivity index is 1.37. The highest BCUT2D eigenvalue weighted by molar-refractivity contribution is 5.79. The maximum Gasteiger partial charge on any atom is 0.224 e. The van der Waals surface area contributed by atoms with Gasteiger partial charge in [-0.2, -0.15) is 0 Å². The van der Waals surface area contributed by atoms with Gasteiger partial charge in [-0.1, -0.05) is 6.07 Å². The minimum Gasteiger partial charge on any atom is -0.356 e. The van der Waals surface area contributed by atoms with Crippen molar-refractivity contribution in [3.05, 3.63) is 30.1 Å². The number of hydrogen-bond donors (Lipinski definition) is 1. The van der Waals surface area contributed by atoms with Gasteiger partial charge in [-0.05, 0) is 63.4 Å². The van der Waals surface area contributed by atoms with Gasteiger partial charge in [0.1, 0.15) is 0 Å². The Kier molecular flexibility index (Phi) is 8.63. The molecule has 0 unspecified atom stereocenters. The lowest BCUT2D eigenvalue weighted by molar-refractivity contribution is -0.130. The van der Waals surface area contributed by atoms with Gasteiger partial charge in [0.2, 0.25) is 11.8 Å². The molecular formula is C23H37N5O2. The van der Waals surface area contributed by atoms with Crippen LogP contribution in [-0.4, -0.2) is 84.4 Å². The van der Waals surface area contributed by atoms with E-state index < -0.39 is 0 Å². The third-order valence-corrected chi connectivity index (χ3v) is 6.39. The number of amides is 2. The van der Waals surface area contributed by atoms with Crippen LogP contribution in [-0.2, 0) is 16.1 Å². The van der Waals surface area contributed by atoms with E-state index in [1.807, 2.05) is 18.5 Å². The maximum atomic E-state index is 12.6. The molecule has 1 atom stereocenters. The number of pyridine rings is 1. The molecule has 2 fully saturated rings. The summed E-state index contributed by atoms with van der Waals surface area (Å²) in [4.78, 5) is 35.1. The fourth-order valence-corrected chi connectivity index (χ4v) is 4.56. The highest BCUT2D eigenvalue weighted by Gasteiger charge is 2.31. The van der Waals surface area contributed by atoms with Crippen LogP contribution < -0.4 is 5.32 Å². The summed E-state index contributed by atoms with van der Waals surface area (Å²) in [6, 6.07) is 4.73. The Morgan fingerprint density at radius 1 is 1.20 bits per heavy atom. The zero-order chi connectivity index (χ0) is 21.3. The maximum absolute atomic E-state index is 12.6. The van der Waals surface area contributed by atoms with E-state index in [9.17, 15) is 9.59 Å². The smallest absolute Gasteiger partial charge is 0.224 e. The molecule has 0 saturated carbocycles. The lowest BCUT2D eigenvalue weighted by Crippen LogP contribution is -2.50. The highest BCUT2D eigenvalue weighted by atomic mass is 16.2. The molecule has 0 spiro atoms. The first-order valence-electron chi connectivity index (χ1n) is 11.4. The van der Waals surface area contributed by atoms with Crippen molar-refractivity contribution in [2.24, 2.45) is 5.92 Å². The molecule has 0 bridgehead atoms.